The van der Waals surface area contributed by atoms with E-state index in [0.29, 0.717) is 0 Å². The van der Waals surface area contributed by atoms with Crippen molar-refractivity contribution >= 4 is 43.4 Å². The van der Waals surface area contributed by atoms with Crippen LogP contribution < -0.4 is 0 Å². The van der Waals surface area contributed by atoms with Gasteiger partial charge in [0.25, 0.3) is 0 Å². The maximum Gasteiger partial charge on any atom is 0.124 e. The second kappa shape index (κ2) is 8.79. The lowest BCUT2D eigenvalue weighted by Gasteiger charge is -2.15. The Morgan fingerprint density at radius 3 is 2.38 bits per heavy atom. The lowest BCUT2D eigenvalue weighted by Crippen LogP contribution is -1.98. The fourth-order valence-corrected chi connectivity index (χ4v) is 6.39. The number of aromatic nitrogens is 3. The zero-order chi connectivity index (χ0) is 25.8. The van der Waals surface area contributed by atoms with Crippen molar-refractivity contribution in [1.29, 1.82) is 0 Å². The number of pyridine rings is 1. The average molecular weight is 520 g/mol. The molecule has 0 aliphatic heterocycles. The number of fused-ring (bicyclic) bond motifs is 4. The van der Waals surface area contributed by atoms with Gasteiger partial charge in [0, 0.05) is 39.2 Å². The van der Waals surface area contributed by atoms with E-state index in [1.807, 2.05) is 36.5 Å². The highest BCUT2D eigenvalue weighted by Gasteiger charge is 2.18. The van der Waals surface area contributed by atoms with Crippen LogP contribution in [0.1, 0.15) is 0 Å². The predicted molar refractivity (Wildman–Crippen MR) is 160 cm³/mol. The molecule has 8 aromatic rings. The first-order chi connectivity index (χ1) is 19.3. The fourth-order valence-electron chi connectivity index (χ4n) is 5.43. The van der Waals surface area contributed by atoms with Gasteiger partial charge in [-0.05, 0) is 48.5 Å². The zero-order valence-electron chi connectivity index (χ0n) is 20.8. The molecule has 0 saturated heterocycles. The molecular formula is C34H21N3OS. The van der Waals surface area contributed by atoms with Crippen LogP contribution in [0.25, 0.3) is 70.7 Å². The standard InChI is InChI=1S/C34H21N3OS/c1-3-10-30-26(7-1)27-15-13-23(34-36-29-9-2-4-11-33(29)39-34)20-32(27)37(30)31-19-22(28-8-5-6-17-35-28)12-14-25(31)24-16-18-38-21-24/h1-21H. The minimum Gasteiger partial charge on any atom is -0.472 e. The quantitative estimate of drug-likeness (QED) is 0.233. The molecule has 0 unspecified atom stereocenters. The Balaban J connectivity index is 1.44. The normalized spacial score (nSPS) is 11.6. The fraction of sp³-hybridized carbons (Fsp3) is 0. The van der Waals surface area contributed by atoms with Crippen LogP contribution >= 0.6 is 11.3 Å². The highest BCUT2D eigenvalue weighted by Crippen LogP contribution is 2.40. The van der Waals surface area contributed by atoms with Gasteiger partial charge in [-0.1, -0.05) is 60.7 Å². The molecule has 8 rings (SSSR count). The van der Waals surface area contributed by atoms with Gasteiger partial charge in [0.05, 0.1) is 45.2 Å². The second-order valence-corrected chi connectivity index (χ2v) is 10.6. The molecule has 0 atom stereocenters. The summed E-state index contributed by atoms with van der Waals surface area (Å²) in [6.07, 6.45) is 5.37. The third kappa shape index (κ3) is 3.59. The van der Waals surface area contributed by atoms with E-state index in [1.165, 1.54) is 15.5 Å². The molecular weight excluding hydrogens is 498 g/mol. The topological polar surface area (TPSA) is 43.9 Å². The Hall–Kier alpha value is -5.00. The van der Waals surface area contributed by atoms with E-state index >= 15 is 0 Å². The summed E-state index contributed by atoms with van der Waals surface area (Å²) < 4.78 is 9.07. The molecule has 4 aromatic carbocycles. The Morgan fingerprint density at radius 1 is 0.667 bits per heavy atom. The van der Waals surface area contributed by atoms with Crippen LogP contribution in [0.2, 0.25) is 0 Å². The Morgan fingerprint density at radius 2 is 1.51 bits per heavy atom. The van der Waals surface area contributed by atoms with Crippen molar-refractivity contribution in [3.05, 3.63) is 128 Å². The van der Waals surface area contributed by atoms with E-state index in [1.54, 1.807) is 23.9 Å². The van der Waals surface area contributed by atoms with Crippen LogP contribution in [0, 0.1) is 0 Å². The minimum absolute atomic E-state index is 0.938. The molecule has 5 heteroatoms. The summed E-state index contributed by atoms with van der Waals surface area (Å²) in [6.45, 7) is 0. The van der Waals surface area contributed by atoms with Crippen molar-refractivity contribution in [2.24, 2.45) is 0 Å². The summed E-state index contributed by atoms with van der Waals surface area (Å²) in [7, 11) is 0. The van der Waals surface area contributed by atoms with E-state index in [-0.39, 0.29) is 0 Å². The lowest BCUT2D eigenvalue weighted by molar-refractivity contribution is 0.568. The van der Waals surface area contributed by atoms with Crippen molar-refractivity contribution in [2.45, 2.75) is 0 Å². The Kier molecular flexibility index (Phi) is 4.96. The van der Waals surface area contributed by atoms with Gasteiger partial charge < -0.3 is 8.98 Å². The average Bonchev–Trinajstić information content (AvgIpc) is 3.75. The van der Waals surface area contributed by atoms with Crippen LogP contribution in [0.5, 0.6) is 0 Å². The van der Waals surface area contributed by atoms with E-state index in [9.17, 15) is 0 Å². The number of para-hydroxylation sites is 2. The molecule has 0 N–H and O–H groups in total. The number of thiazole rings is 1. The molecule has 0 aliphatic carbocycles. The first-order valence-electron chi connectivity index (χ1n) is 12.8. The summed E-state index contributed by atoms with van der Waals surface area (Å²) in [5, 5.41) is 3.44. The number of hydrogen-bond donors (Lipinski definition) is 0. The van der Waals surface area contributed by atoms with Gasteiger partial charge >= 0.3 is 0 Å². The van der Waals surface area contributed by atoms with Gasteiger partial charge in [-0.25, -0.2) is 4.98 Å². The number of benzene rings is 4. The van der Waals surface area contributed by atoms with E-state index in [2.05, 4.69) is 88.4 Å². The van der Waals surface area contributed by atoms with Crippen molar-refractivity contribution in [2.75, 3.05) is 0 Å². The smallest absolute Gasteiger partial charge is 0.124 e. The van der Waals surface area contributed by atoms with E-state index in [0.717, 1.165) is 55.2 Å². The summed E-state index contributed by atoms with van der Waals surface area (Å²) >= 11 is 1.73. The Bertz CT molecular complexity index is 2090. The van der Waals surface area contributed by atoms with Crippen LogP contribution in [0.4, 0.5) is 0 Å². The molecule has 4 nitrogen and oxygen atoms in total. The zero-order valence-corrected chi connectivity index (χ0v) is 21.6. The van der Waals surface area contributed by atoms with Gasteiger partial charge in [0.1, 0.15) is 5.01 Å². The lowest BCUT2D eigenvalue weighted by atomic mass is 10.0. The number of furan rings is 1. The molecule has 0 fully saturated rings. The second-order valence-electron chi connectivity index (χ2n) is 9.53. The monoisotopic (exact) mass is 519 g/mol. The largest absolute Gasteiger partial charge is 0.472 e. The van der Waals surface area contributed by atoms with Gasteiger partial charge in [-0.15, -0.1) is 11.3 Å². The summed E-state index contributed by atoms with van der Waals surface area (Å²) in [5.74, 6) is 0. The Labute approximate surface area is 228 Å². The molecule has 4 aromatic heterocycles. The maximum atomic E-state index is 5.51. The van der Waals surface area contributed by atoms with Crippen molar-refractivity contribution in [1.82, 2.24) is 14.5 Å². The molecule has 0 saturated carbocycles. The predicted octanol–water partition coefficient (Wildman–Crippen LogP) is 9.38. The first-order valence-corrected chi connectivity index (χ1v) is 13.6. The summed E-state index contributed by atoms with van der Waals surface area (Å²) in [6, 6.07) is 38.2. The maximum absolute atomic E-state index is 5.51. The van der Waals surface area contributed by atoms with Crippen LogP contribution in [-0.2, 0) is 0 Å². The van der Waals surface area contributed by atoms with Crippen LogP contribution in [0.15, 0.2) is 132 Å². The van der Waals surface area contributed by atoms with E-state index < -0.39 is 0 Å². The molecule has 0 spiro atoms. The van der Waals surface area contributed by atoms with Gasteiger partial charge in [-0.2, -0.15) is 0 Å². The molecule has 0 radical (unpaired) electrons. The highest BCUT2D eigenvalue weighted by atomic mass is 32.1. The van der Waals surface area contributed by atoms with E-state index in [4.69, 9.17) is 9.40 Å². The van der Waals surface area contributed by atoms with Gasteiger partial charge in [0.15, 0.2) is 0 Å². The van der Waals surface area contributed by atoms with Crippen molar-refractivity contribution in [3.63, 3.8) is 0 Å². The minimum atomic E-state index is 0.938. The summed E-state index contributed by atoms with van der Waals surface area (Å²) in [5.41, 5.74) is 9.63. The molecule has 0 aliphatic rings. The van der Waals surface area contributed by atoms with Crippen molar-refractivity contribution in [3.8, 4) is 38.6 Å². The first kappa shape index (κ1) is 22.0. The third-order valence-electron chi connectivity index (χ3n) is 7.25. The molecule has 0 bridgehead atoms. The third-order valence-corrected chi connectivity index (χ3v) is 8.33. The van der Waals surface area contributed by atoms with Crippen molar-refractivity contribution < 1.29 is 4.42 Å². The molecule has 184 valence electrons. The van der Waals surface area contributed by atoms with Crippen LogP contribution in [0.3, 0.4) is 0 Å². The summed E-state index contributed by atoms with van der Waals surface area (Å²) in [4.78, 5) is 9.58. The number of rotatable bonds is 4. The van der Waals surface area contributed by atoms with Gasteiger partial charge in [0.2, 0.25) is 0 Å². The number of nitrogens with zero attached hydrogens (tertiary/aromatic N) is 3. The highest BCUT2D eigenvalue weighted by molar-refractivity contribution is 7.21. The number of hydrogen-bond acceptors (Lipinski definition) is 4. The molecule has 39 heavy (non-hydrogen) atoms. The molecule has 0 amide bonds. The van der Waals surface area contributed by atoms with Crippen LogP contribution in [-0.4, -0.2) is 14.5 Å². The molecule has 4 heterocycles. The SMILES string of the molecule is c1ccc(-c2ccc(-c3ccoc3)c(-n3c4ccccc4c4ccc(-c5nc6ccccc6s5)cc43)c2)nc1. The van der Waals surface area contributed by atoms with Gasteiger partial charge in [-0.3, -0.25) is 4.98 Å².